The molecule has 0 saturated heterocycles. The maximum atomic E-state index is 11.5. The molecule has 0 rings (SSSR count). The molecule has 7 heteroatoms. The molecule has 0 bridgehead atoms. The van der Waals surface area contributed by atoms with E-state index < -0.39 is 18.4 Å². The topological polar surface area (TPSA) is 90.9 Å². The minimum atomic E-state index is -0.952. The first-order chi connectivity index (χ1) is 10.8. The molecule has 0 aliphatic carbocycles. The summed E-state index contributed by atoms with van der Waals surface area (Å²) >= 11 is 0. The first kappa shape index (κ1) is 21.2. The number of carbonyl (C=O) groups is 3. The Morgan fingerprint density at radius 2 is 1.70 bits per heavy atom. The summed E-state index contributed by atoms with van der Waals surface area (Å²) < 4.78 is 14.8. The van der Waals surface area contributed by atoms with E-state index in [0.717, 1.165) is 12.8 Å². The van der Waals surface area contributed by atoms with Crippen LogP contribution in [0.2, 0.25) is 0 Å². The van der Waals surface area contributed by atoms with Crippen molar-refractivity contribution in [3.63, 3.8) is 0 Å². The molecule has 0 aliphatic rings. The SMILES string of the molecule is CCC(OC(=O)NCOC(=O)CCCC(C)C)OC(=O)C(C)C. The molecule has 1 N–H and O–H groups in total. The summed E-state index contributed by atoms with van der Waals surface area (Å²) in [5.41, 5.74) is 0. The summed E-state index contributed by atoms with van der Waals surface area (Å²) in [6.07, 6.45) is 0.600. The first-order valence-corrected chi connectivity index (χ1v) is 8.06. The fourth-order valence-corrected chi connectivity index (χ4v) is 1.52. The molecule has 0 fully saturated rings. The lowest BCUT2D eigenvalue weighted by molar-refractivity contribution is -0.172. The summed E-state index contributed by atoms with van der Waals surface area (Å²) in [6, 6.07) is 0. The molecule has 1 amide bonds. The average Bonchev–Trinajstić information content (AvgIpc) is 2.45. The number of nitrogens with one attached hydrogen (secondary N) is 1. The van der Waals surface area contributed by atoms with E-state index in [1.807, 2.05) is 0 Å². The molecule has 0 heterocycles. The number of carbonyl (C=O) groups excluding carboxylic acids is 3. The van der Waals surface area contributed by atoms with Crippen LogP contribution in [0.15, 0.2) is 0 Å². The number of hydrogen-bond donors (Lipinski definition) is 1. The zero-order valence-corrected chi connectivity index (χ0v) is 14.7. The van der Waals surface area contributed by atoms with Crippen LogP contribution < -0.4 is 5.32 Å². The summed E-state index contributed by atoms with van der Waals surface area (Å²) in [5.74, 6) is -0.580. The Labute approximate surface area is 138 Å². The van der Waals surface area contributed by atoms with Gasteiger partial charge in [0, 0.05) is 12.8 Å². The summed E-state index contributed by atoms with van der Waals surface area (Å²) in [5, 5.41) is 2.28. The summed E-state index contributed by atoms with van der Waals surface area (Å²) in [4.78, 5) is 34.4. The third kappa shape index (κ3) is 11.4. The maximum absolute atomic E-state index is 11.5. The minimum absolute atomic E-state index is 0.270. The predicted molar refractivity (Wildman–Crippen MR) is 84.3 cm³/mol. The third-order valence-electron chi connectivity index (χ3n) is 2.90. The van der Waals surface area contributed by atoms with Gasteiger partial charge in [-0.1, -0.05) is 41.0 Å². The van der Waals surface area contributed by atoms with Crippen molar-refractivity contribution in [3.05, 3.63) is 0 Å². The highest BCUT2D eigenvalue weighted by molar-refractivity contribution is 5.72. The number of alkyl carbamates (subject to hydrolysis) is 1. The van der Waals surface area contributed by atoms with Crippen molar-refractivity contribution in [2.75, 3.05) is 6.73 Å². The van der Waals surface area contributed by atoms with Crippen LogP contribution in [0.5, 0.6) is 0 Å². The van der Waals surface area contributed by atoms with Crippen molar-refractivity contribution in [3.8, 4) is 0 Å². The Balaban J connectivity index is 3.92. The second-order valence-corrected chi connectivity index (χ2v) is 5.96. The number of amides is 1. The summed E-state index contributed by atoms with van der Waals surface area (Å²) in [7, 11) is 0. The normalized spacial score (nSPS) is 12.0. The van der Waals surface area contributed by atoms with Gasteiger partial charge in [0.1, 0.15) is 0 Å². The van der Waals surface area contributed by atoms with Crippen molar-refractivity contribution in [1.29, 1.82) is 0 Å². The fraction of sp³-hybridized carbons (Fsp3) is 0.812. The Bertz CT molecular complexity index is 381. The summed E-state index contributed by atoms with van der Waals surface area (Å²) in [6.45, 7) is 8.99. The van der Waals surface area contributed by atoms with Gasteiger partial charge >= 0.3 is 18.0 Å². The van der Waals surface area contributed by atoms with Crippen LogP contribution in [0, 0.1) is 11.8 Å². The van der Waals surface area contributed by atoms with Gasteiger partial charge in [0.25, 0.3) is 0 Å². The van der Waals surface area contributed by atoms with Crippen molar-refractivity contribution < 1.29 is 28.6 Å². The molecule has 1 atom stereocenters. The van der Waals surface area contributed by atoms with E-state index in [2.05, 4.69) is 19.2 Å². The Morgan fingerprint density at radius 3 is 2.22 bits per heavy atom. The average molecular weight is 331 g/mol. The van der Waals surface area contributed by atoms with Gasteiger partial charge in [0.2, 0.25) is 6.29 Å². The van der Waals surface area contributed by atoms with E-state index >= 15 is 0 Å². The number of esters is 2. The standard InChI is InChI=1S/C16H29NO6/c1-6-14(22-15(19)12(4)5)23-16(20)17-10-21-13(18)9-7-8-11(2)3/h11-12,14H,6-10H2,1-5H3,(H,17,20). The van der Waals surface area contributed by atoms with E-state index in [-0.39, 0.29) is 18.6 Å². The highest BCUT2D eigenvalue weighted by atomic mass is 16.7. The highest BCUT2D eigenvalue weighted by Crippen LogP contribution is 2.07. The van der Waals surface area contributed by atoms with Crippen molar-refractivity contribution in [1.82, 2.24) is 5.32 Å². The Kier molecular flexibility index (Phi) is 10.8. The number of hydrogen-bond acceptors (Lipinski definition) is 6. The predicted octanol–water partition coefficient (Wildman–Crippen LogP) is 2.97. The second kappa shape index (κ2) is 11.7. The molecule has 0 aromatic rings. The molecule has 0 spiro atoms. The molecule has 0 saturated carbocycles. The molecular formula is C16H29NO6. The van der Waals surface area contributed by atoms with Crippen LogP contribution in [0.3, 0.4) is 0 Å². The van der Waals surface area contributed by atoms with Gasteiger partial charge in [-0.15, -0.1) is 0 Å². The molecule has 0 radical (unpaired) electrons. The molecule has 0 aliphatic heterocycles. The van der Waals surface area contributed by atoms with Crippen molar-refractivity contribution >= 4 is 18.0 Å². The molecule has 23 heavy (non-hydrogen) atoms. The van der Waals surface area contributed by atoms with Gasteiger partial charge in [-0.05, 0) is 12.3 Å². The third-order valence-corrected chi connectivity index (χ3v) is 2.90. The van der Waals surface area contributed by atoms with Gasteiger partial charge in [-0.3, -0.25) is 14.9 Å². The van der Waals surface area contributed by atoms with E-state index in [0.29, 0.717) is 18.8 Å². The van der Waals surface area contributed by atoms with Crippen molar-refractivity contribution in [2.45, 2.75) is 66.6 Å². The van der Waals surface area contributed by atoms with E-state index in [9.17, 15) is 14.4 Å². The molecule has 0 aromatic carbocycles. The van der Waals surface area contributed by atoms with Crippen LogP contribution in [-0.4, -0.2) is 31.1 Å². The van der Waals surface area contributed by atoms with Crippen LogP contribution in [0.25, 0.3) is 0 Å². The second-order valence-electron chi connectivity index (χ2n) is 5.96. The molecular weight excluding hydrogens is 302 g/mol. The van der Waals surface area contributed by atoms with Gasteiger partial charge in [-0.2, -0.15) is 0 Å². The lowest BCUT2D eigenvalue weighted by Crippen LogP contribution is -2.34. The van der Waals surface area contributed by atoms with Crippen LogP contribution >= 0.6 is 0 Å². The van der Waals surface area contributed by atoms with E-state index in [1.165, 1.54) is 0 Å². The number of ether oxygens (including phenoxy) is 3. The lowest BCUT2D eigenvalue weighted by atomic mass is 10.1. The minimum Gasteiger partial charge on any atom is -0.444 e. The van der Waals surface area contributed by atoms with Crippen molar-refractivity contribution in [2.24, 2.45) is 11.8 Å². The Morgan fingerprint density at radius 1 is 1.04 bits per heavy atom. The van der Waals surface area contributed by atoms with Gasteiger partial charge in [0.05, 0.1) is 5.92 Å². The highest BCUT2D eigenvalue weighted by Gasteiger charge is 2.19. The first-order valence-electron chi connectivity index (χ1n) is 8.06. The monoisotopic (exact) mass is 331 g/mol. The molecule has 0 aromatic heterocycles. The largest absolute Gasteiger partial charge is 0.444 e. The molecule has 7 nitrogen and oxygen atoms in total. The van der Waals surface area contributed by atoms with Gasteiger partial charge in [0.15, 0.2) is 6.73 Å². The van der Waals surface area contributed by atoms with Gasteiger partial charge in [-0.25, -0.2) is 4.79 Å². The zero-order valence-electron chi connectivity index (χ0n) is 14.7. The lowest BCUT2D eigenvalue weighted by Gasteiger charge is -2.18. The maximum Gasteiger partial charge on any atom is 0.412 e. The molecule has 134 valence electrons. The van der Waals surface area contributed by atoms with E-state index in [1.54, 1.807) is 20.8 Å². The zero-order chi connectivity index (χ0) is 17.8. The molecule has 1 unspecified atom stereocenters. The van der Waals surface area contributed by atoms with E-state index in [4.69, 9.17) is 14.2 Å². The van der Waals surface area contributed by atoms with Crippen LogP contribution in [0.4, 0.5) is 4.79 Å². The van der Waals surface area contributed by atoms with Crippen LogP contribution in [0.1, 0.15) is 60.3 Å². The fourth-order valence-electron chi connectivity index (χ4n) is 1.52. The van der Waals surface area contributed by atoms with Gasteiger partial charge < -0.3 is 14.2 Å². The smallest absolute Gasteiger partial charge is 0.412 e. The van der Waals surface area contributed by atoms with Crippen LogP contribution in [-0.2, 0) is 23.8 Å². The Hall–Kier alpha value is -1.79. The quantitative estimate of drug-likeness (QED) is 0.489. The number of rotatable bonds is 10.